The van der Waals surface area contributed by atoms with E-state index in [1.807, 2.05) is 18.2 Å². The molecular weight excluding hydrogens is 156 g/mol. The van der Waals surface area contributed by atoms with Crippen LogP contribution in [0.3, 0.4) is 0 Å². The van der Waals surface area contributed by atoms with Crippen molar-refractivity contribution >= 4 is 5.78 Å². The molecule has 0 N–H and O–H groups in total. The zero-order chi connectivity index (χ0) is 8.55. The highest BCUT2D eigenvalue weighted by Crippen LogP contribution is 2.23. The maximum absolute atomic E-state index is 11.1. The van der Waals surface area contributed by atoms with Crippen LogP contribution < -0.4 is 0 Å². The summed E-state index contributed by atoms with van der Waals surface area (Å²) in [4.78, 5) is 21.0. The number of hydrogen-bond acceptors (Lipinski definition) is 3. The van der Waals surface area contributed by atoms with E-state index in [0.29, 0.717) is 6.42 Å². The van der Waals surface area contributed by atoms with Crippen LogP contribution in [0.5, 0.6) is 0 Å². The lowest BCUT2D eigenvalue weighted by Crippen LogP contribution is -2.17. The van der Waals surface area contributed by atoms with Crippen molar-refractivity contribution in [2.24, 2.45) is 0 Å². The van der Waals surface area contributed by atoms with Gasteiger partial charge in [0, 0.05) is 6.42 Å². The lowest BCUT2D eigenvalue weighted by Gasteiger charge is -2.15. The van der Waals surface area contributed by atoms with Gasteiger partial charge in [-0.15, -0.1) is 0 Å². The zero-order valence-electron chi connectivity index (χ0n) is 6.82. The summed E-state index contributed by atoms with van der Waals surface area (Å²) in [7, 11) is 0. The molecule has 3 nitrogen and oxygen atoms in total. The summed E-state index contributed by atoms with van der Waals surface area (Å²) in [5.74, 6) is 0.0998. The van der Waals surface area contributed by atoms with Gasteiger partial charge in [-0.3, -0.25) is 4.79 Å². The van der Waals surface area contributed by atoms with Crippen LogP contribution in [0, 0.1) is 0 Å². The van der Waals surface area contributed by atoms with Crippen LogP contribution in [0.1, 0.15) is 13.3 Å². The van der Waals surface area contributed by atoms with Gasteiger partial charge in [-0.1, -0.05) is 12.2 Å². The first-order chi connectivity index (χ1) is 5.75. The normalized spacial score (nSPS) is 32.9. The molecule has 0 saturated carbocycles. The van der Waals surface area contributed by atoms with Crippen molar-refractivity contribution in [2.75, 3.05) is 0 Å². The van der Waals surface area contributed by atoms with Gasteiger partial charge < -0.3 is 0 Å². The van der Waals surface area contributed by atoms with Crippen LogP contribution in [0.2, 0.25) is 0 Å². The molecule has 64 valence electrons. The van der Waals surface area contributed by atoms with Crippen LogP contribution in [-0.4, -0.2) is 18.0 Å². The fourth-order valence-corrected chi connectivity index (χ4v) is 1.36. The highest BCUT2D eigenvalue weighted by Gasteiger charge is 2.24. The maximum Gasteiger partial charge on any atom is 0.155 e. The summed E-state index contributed by atoms with van der Waals surface area (Å²) in [5.41, 5.74) is 0.799. The predicted molar refractivity (Wildman–Crippen MR) is 42.3 cm³/mol. The van der Waals surface area contributed by atoms with Gasteiger partial charge in [0.25, 0.3) is 0 Å². The molecule has 3 rings (SSSR count). The molecule has 2 heterocycles. The number of Topliss-reactive ketones (excluding diaryl/α,β-unsaturated/α-hetero) is 1. The molecule has 0 unspecified atom stereocenters. The molecule has 0 fully saturated rings. The minimum atomic E-state index is -0.178. The van der Waals surface area contributed by atoms with E-state index in [2.05, 4.69) is 0 Å². The third-order valence-electron chi connectivity index (χ3n) is 2.04. The molecule has 2 atom stereocenters. The molecule has 0 spiro atoms. The Bertz CT molecular complexity index is 265. The lowest BCUT2D eigenvalue weighted by molar-refractivity contribution is -0.327. The van der Waals surface area contributed by atoms with Crippen molar-refractivity contribution in [1.29, 1.82) is 0 Å². The van der Waals surface area contributed by atoms with Crippen molar-refractivity contribution < 1.29 is 14.6 Å². The molecule has 3 heteroatoms. The number of carbonyl (C=O) groups is 1. The Morgan fingerprint density at radius 1 is 1.50 bits per heavy atom. The maximum atomic E-state index is 11.1. The van der Waals surface area contributed by atoms with E-state index >= 15 is 0 Å². The quantitative estimate of drug-likeness (QED) is 0.433. The van der Waals surface area contributed by atoms with Gasteiger partial charge in [-0.25, -0.2) is 9.78 Å². The van der Waals surface area contributed by atoms with Gasteiger partial charge in [0.1, 0.15) is 12.2 Å². The van der Waals surface area contributed by atoms with Gasteiger partial charge in [0.05, 0.1) is 0 Å². The summed E-state index contributed by atoms with van der Waals surface area (Å²) in [6.45, 7) is 1.57. The van der Waals surface area contributed by atoms with E-state index in [4.69, 9.17) is 9.78 Å². The Labute approximate surface area is 70.6 Å². The van der Waals surface area contributed by atoms with Crippen molar-refractivity contribution in [3.63, 3.8) is 0 Å². The lowest BCUT2D eigenvalue weighted by atomic mass is 10.1. The van der Waals surface area contributed by atoms with E-state index in [0.717, 1.165) is 5.57 Å². The van der Waals surface area contributed by atoms with Crippen LogP contribution in [0.4, 0.5) is 0 Å². The first kappa shape index (κ1) is 7.71. The summed E-state index contributed by atoms with van der Waals surface area (Å²) in [5, 5.41) is 0. The van der Waals surface area contributed by atoms with E-state index in [9.17, 15) is 4.79 Å². The van der Waals surface area contributed by atoms with Gasteiger partial charge in [-0.2, -0.15) is 0 Å². The Morgan fingerprint density at radius 3 is 2.92 bits per heavy atom. The van der Waals surface area contributed by atoms with Crippen molar-refractivity contribution in [2.45, 2.75) is 25.6 Å². The SMILES string of the molecule is CC(=O)C1=C[C@@H]2C=C[C@H](C1)OO2. The predicted octanol–water partition coefficient (Wildman–Crippen LogP) is 1.16. The minimum absolute atomic E-state index is 0.0844. The molecule has 0 aromatic carbocycles. The Morgan fingerprint density at radius 2 is 2.33 bits per heavy atom. The number of carbonyl (C=O) groups excluding carboxylic acids is 1. The molecule has 0 aromatic rings. The van der Waals surface area contributed by atoms with Gasteiger partial charge in [0.2, 0.25) is 0 Å². The summed E-state index contributed by atoms with van der Waals surface area (Å²) >= 11 is 0. The van der Waals surface area contributed by atoms with Crippen LogP contribution in [-0.2, 0) is 14.6 Å². The molecular formula is C9H10O3. The molecule has 1 aliphatic carbocycles. The summed E-state index contributed by atoms with van der Waals surface area (Å²) < 4.78 is 0. The summed E-state index contributed by atoms with van der Waals surface area (Å²) in [6.07, 6.45) is 6.01. The van der Waals surface area contributed by atoms with E-state index < -0.39 is 0 Å². The number of ketones is 1. The van der Waals surface area contributed by atoms with Crippen LogP contribution >= 0.6 is 0 Å². The second-order valence-electron chi connectivity index (χ2n) is 3.03. The average molecular weight is 166 g/mol. The van der Waals surface area contributed by atoms with E-state index in [1.54, 1.807) is 6.92 Å². The number of hydrogen-bond donors (Lipinski definition) is 0. The van der Waals surface area contributed by atoms with Crippen LogP contribution in [0.25, 0.3) is 0 Å². The molecule has 0 aromatic heterocycles. The van der Waals surface area contributed by atoms with Gasteiger partial charge in [0.15, 0.2) is 5.78 Å². The van der Waals surface area contributed by atoms with E-state index in [-0.39, 0.29) is 18.0 Å². The largest absolute Gasteiger partial charge is 0.295 e. The van der Waals surface area contributed by atoms with Gasteiger partial charge >= 0.3 is 0 Å². The minimum Gasteiger partial charge on any atom is -0.295 e. The second-order valence-corrected chi connectivity index (χ2v) is 3.03. The Hall–Kier alpha value is -0.930. The first-order valence-electron chi connectivity index (χ1n) is 3.98. The smallest absolute Gasteiger partial charge is 0.155 e. The second kappa shape index (κ2) is 2.84. The van der Waals surface area contributed by atoms with E-state index in [1.165, 1.54) is 0 Å². The molecule has 2 bridgehead atoms. The monoisotopic (exact) mass is 166 g/mol. The highest BCUT2D eigenvalue weighted by atomic mass is 17.2. The highest BCUT2D eigenvalue weighted by molar-refractivity contribution is 5.93. The standard InChI is InChI=1S/C9H10O3/c1-6(10)7-4-8-2-3-9(5-7)12-11-8/h2-4,8-9H,5H2,1H3/t8-,9+/m0/s1. The number of rotatable bonds is 1. The average Bonchev–Trinajstić information content (AvgIpc) is 2.36. The molecule has 3 aliphatic rings. The fraction of sp³-hybridized carbons (Fsp3) is 0.444. The van der Waals surface area contributed by atoms with Gasteiger partial charge in [-0.05, 0) is 18.6 Å². The summed E-state index contributed by atoms with van der Waals surface area (Å²) in [6, 6.07) is 0. The van der Waals surface area contributed by atoms with Crippen molar-refractivity contribution in [1.82, 2.24) is 0 Å². The topological polar surface area (TPSA) is 35.5 Å². The molecule has 2 aliphatic heterocycles. The third-order valence-corrected chi connectivity index (χ3v) is 2.04. The van der Waals surface area contributed by atoms with Crippen molar-refractivity contribution in [3.05, 3.63) is 23.8 Å². The zero-order valence-corrected chi connectivity index (χ0v) is 6.82. The Kier molecular flexibility index (Phi) is 1.83. The first-order valence-corrected chi connectivity index (χ1v) is 3.98. The Balaban J connectivity index is 2.26. The number of fused-ring (bicyclic) bond motifs is 2. The van der Waals surface area contributed by atoms with Crippen molar-refractivity contribution in [3.8, 4) is 0 Å². The van der Waals surface area contributed by atoms with Crippen LogP contribution in [0.15, 0.2) is 23.8 Å². The fourth-order valence-electron chi connectivity index (χ4n) is 1.36. The molecule has 0 radical (unpaired) electrons. The molecule has 12 heavy (non-hydrogen) atoms. The third kappa shape index (κ3) is 1.33. The molecule has 0 amide bonds. The molecule has 0 saturated heterocycles.